The number of aliphatic imine (C=N–C) groups is 1. The molecule has 0 spiro atoms. The van der Waals surface area contributed by atoms with Crippen molar-refractivity contribution in [3.05, 3.63) is 29.3 Å². The van der Waals surface area contributed by atoms with Gasteiger partial charge in [-0.15, -0.1) is 24.0 Å². The largest absolute Gasteiger partial charge is 0.370 e. The summed E-state index contributed by atoms with van der Waals surface area (Å²) in [6, 6.07) is 7.32. The molecule has 1 atom stereocenters. The van der Waals surface area contributed by atoms with Crippen LogP contribution in [0.3, 0.4) is 0 Å². The van der Waals surface area contributed by atoms with Crippen molar-refractivity contribution in [3.63, 3.8) is 0 Å². The molecule has 3 N–H and O–H groups in total. The first-order chi connectivity index (χ1) is 11.7. The number of aryl methyl sites for hydroxylation is 2. The van der Waals surface area contributed by atoms with E-state index in [4.69, 9.17) is 5.73 Å². The molecule has 1 aliphatic carbocycles. The topological polar surface area (TPSA) is 53.6 Å². The molecule has 1 fully saturated rings. The number of piperidine rings is 1. The van der Waals surface area contributed by atoms with Crippen molar-refractivity contribution in [3.8, 4) is 0 Å². The van der Waals surface area contributed by atoms with Gasteiger partial charge in [-0.25, -0.2) is 0 Å². The zero-order valence-electron chi connectivity index (χ0n) is 15.5. The fourth-order valence-corrected chi connectivity index (χ4v) is 3.95. The Kier molecular flexibility index (Phi) is 8.49. The van der Waals surface area contributed by atoms with E-state index in [9.17, 15) is 0 Å². The maximum absolute atomic E-state index is 6.03. The maximum Gasteiger partial charge on any atom is 0.193 e. The van der Waals surface area contributed by atoms with Crippen LogP contribution >= 0.6 is 24.0 Å². The molecule has 25 heavy (non-hydrogen) atoms. The zero-order valence-corrected chi connectivity index (χ0v) is 17.8. The van der Waals surface area contributed by atoms with Gasteiger partial charge in [-0.3, -0.25) is 4.99 Å². The predicted molar refractivity (Wildman–Crippen MR) is 118 cm³/mol. The molecule has 1 aliphatic heterocycles. The van der Waals surface area contributed by atoms with Crippen molar-refractivity contribution >= 4 is 35.6 Å². The van der Waals surface area contributed by atoms with Crippen LogP contribution in [0.1, 0.15) is 56.6 Å². The number of guanidine groups is 1. The molecule has 0 aromatic heterocycles. The van der Waals surface area contributed by atoms with Gasteiger partial charge in [0.15, 0.2) is 5.96 Å². The van der Waals surface area contributed by atoms with Gasteiger partial charge in [-0.05, 0) is 88.2 Å². The van der Waals surface area contributed by atoms with Gasteiger partial charge < -0.3 is 16.0 Å². The second-order valence-electron chi connectivity index (χ2n) is 7.32. The van der Waals surface area contributed by atoms with E-state index >= 15 is 0 Å². The quantitative estimate of drug-likeness (QED) is 0.292. The molecule has 2 aliphatic rings. The number of benzene rings is 1. The van der Waals surface area contributed by atoms with E-state index in [0.717, 1.165) is 24.7 Å². The van der Waals surface area contributed by atoms with Gasteiger partial charge in [0.1, 0.15) is 0 Å². The van der Waals surface area contributed by atoms with Crippen LogP contribution in [0, 0.1) is 0 Å². The molecule has 0 bridgehead atoms. The molecular weight excluding hydrogens is 423 g/mol. The molecule has 0 amide bonds. The van der Waals surface area contributed by atoms with E-state index < -0.39 is 0 Å². The third-order valence-corrected chi connectivity index (χ3v) is 5.45. The monoisotopic (exact) mass is 456 g/mol. The first-order valence-corrected chi connectivity index (χ1v) is 9.65. The Morgan fingerprint density at radius 1 is 1.20 bits per heavy atom. The van der Waals surface area contributed by atoms with Gasteiger partial charge >= 0.3 is 0 Å². The van der Waals surface area contributed by atoms with E-state index in [1.165, 1.54) is 69.2 Å². The summed E-state index contributed by atoms with van der Waals surface area (Å²) in [4.78, 5) is 7.10. The molecule has 1 aromatic rings. The summed E-state index contributed by atoms with van der Waals surface area (Å²) < 4.78 is 0. The number of unbranched alkanes of at least 4 members (excludes halogenated alkanes) is 1. The summed E-state index contributed by atoms with van der Waals surface area (Å²) in [5.74, 6) is 0.541. The van der Waals surface area contributed by atoms with Gasteiger partial charge in [0.2, 0.25) is 0 Å². The van der Waals surface area contributed by atoms with Gasteiger partial charge in [0.05, 0.1) is 0 Å². The van der Waals surface area contributed by atoms with Crippen LogP contribution < -0.4 is 11.1 Å². The van der Waals surface area contributed by atoms with Crippen LogP contribution in [0.25, 0.3) is 0 Å². The number of anilines is 1. The summed E-state index contributed by atoms with van der Waals surface area (Å²) in [6.45, 7) is 5.64. The lowest BCUT2D eigenvalue weighted by Gasteiger charge is -2.33. The first-order valence-electron chi connectivity index (χ1n) is 9.65. The predicted octanol–water partition coefficient (Wildman–Crippen LogP) is 4.17. The second kappa shape index (κ2) is 10.4. The van der Waals surface area contributed by atoms with Crippen molar-refractivity contribution in [1.82, 2.24) is 4.90 Å². The van der Waals surface area contributed by atoms with E-state index in [2.05, 4.69) is 40.3 Å². The second-order valence-corrected chi connectivity index (χ2v) is 7.32. The molecule has 1 unspecified atom stereocenters. The van der Waals surface area contributed by atoms with E-state index in [-0.39, 0.29) is 24.0 Å². The van der Waals surface area contributed by atoms with E-state index in [0.29, 0.717) is 5.96 Å². The van der Waals surface area contributed by atoms with Gasteiger partial charge in [0, 0.05) is 18.3 Å². The van der Waals surface area contributed by atoms with Crippen molar-refractivity contribution < 1.29 is 0 Å². The molecule has 1 saturated heterocycles. The average Bonchev–Trinajstić information content (AvgIpc) is 3.04. The Balaban J connectivity index is 0.00000225. The van der Waals surface area contributed by atoms with Crippen LogP contribution in [0.5, 0.6) is 0 Å². The minimum absolute atomic E-state index is 0. The Hall–Kier alpha value is -0.820. The van der Waals surface area contributed by atoms with Crippen molar-refractivity contribution in [2.24, 2.45) is 10.7 Å². The van der Waals surface area contributed by atoms with E-state index in [1.807, 2.05) is 0 Å². The Bertz CT molecular complexity index is 573. The van der Waals surface area contributed by atoms with Gasteiger partial charge in [-0.1, -0.05) is 12.5 Å². The smallest absolute Gasteiger partial charge is 0.193 e. The Morgan fingerprint density at radius 2 is 2.04 bits per heavy atom. The summed E-state index contributed by atoms with van der Waals surface area (Å²) in [6.07, 6.45) is 10.1. The number of halogens is 1. The van der Waals surface area contributed by atoms with Crippen molar-refractivity contribution in [2.75, 3.05) is 25.0 Å². The minimum atomic E-state index is 0. The normalized spacial score (nSPS) is 20.8. The lowest BCUT2D eigenvalue weighted by Crippen LogP contribution is -2.38. The highest BCUT2D eigenvalue weighted by Gasteiger charge is 2.16. The van der Waals surface area contributed by atoms with Crippen molar-refractivity contribution in [1.29, 1.82) is 0 Å². The SMILES string of the molecule is CC1CCCCN1CCCCN=C(N)Nc1ccc2c(c1)CCC2.I. The number of hydrogen-bond donors (Lipinski definition) is 2. The Labute approximate surface area is 169 Å². The molecule has 140 valence electrons. The number of nitrogens with zero attached hydrogens (tertiary/aromatic N) is 2. The molecule has 1 heterocycles. The van der Waals surface area contributed by atoms with Crippen LogP contribution in [0.4, 0.5) is 5.69 Å². The number of likely N-dealkylation sites (tertiary alicyclic amines) is 1. The average molecular weight is 456 g/mol. The third-order valence-electron chi connectivity index (χ3n) is 5.45. The highest BCUT2D eigenvalue weighted by atomic mass is 127. The van der Waals surface area contributed by atoms with Crippen LogP contribution in [0.2, 0.25) is 0 Å². The highest BCUT2D eigenvalue weighted by Crippen LogP contribution is 2.24. The summed E-state index contributed by atoms with van der Waals surface area (Å²) in [5.41, 5.74) is 10.0. The lowest BCUT2D eigenvalue weighted by atomic mass is 10.0. The van der Waals surface area contributed by atoms with Gasteiger partial charge in [0.25, 0.3) is 0 Å². The van der Waals surface area contributed by atoms with Crippen molar-refractivity contribution in [2.45, 2.75) is 64.3 Å². The Morgan fingerprint density at radius 3 is 2.88 bits per heavy atom. The molecule has 0 saturated carbocycles. The summed E-state index contributed by atoms with van der Waals surface area (Å²) in [5, 5.41) is 3.24. The number of hydrogen-bond acceptors (Lipinski definition) is 2. The minimum Gasteiger partial charge on any atom is -0.370 e. The maximum atomic E-state index is 6.03. The molecule has 0 radical (unpaired) electrons. The number of rotatable bonds is 6. The third kappa shape index (κ3) is 6.13. The van der Waals surface area contributed by atoms with Crippen LogP contribution in [-0.4, -0.2) is 36.5 Å². The number of nitrogens with two attached hydrogens (primary N) is 1. The lowest BCUT2D eigenvalue weighted by molar-refractivity contribution is 0.158. The number of nitrogens with one attached hydrogen (secondary N) is 1. The molecule has 3 rings (SSSR count). The van der Waals surface area contributed by atoms with Crippen LogP contribution in [-0.2, 0) is 12.8 Å². The fourth-order valence-electron chi connectivity index (χ4n) is 3.95. The molecule has 5 heteroatoms. The standard InChI is InChI=1S/C20H32N4.HI/c1-16-7-2-4-13-24(16)14-5-3-12-22-20(21)23-19-11-10-17-8-6-9-18(17)15-19;/h10-11,15-16H,2-9,12-14H2,1H3,(H3,21,22,23);1H. The van der Waals surface area contributed by atoms with Crippen LogP contribution in [0.15, 0.2) is 23.2 Å². The summed E-state index contributed by atoms with van der Waals surface area (Å²) >= 11 is 0. The first kappa shape index (κ1) is 20.5. The highest BCUT2D eigenvalue weighted by molar-refractivity contribution is 14.0. The molecule has 1 aromatic carbocycles. The summed E-state index contributed by atoms with van der Waals surface area (Å²) in [7, 11) is 0. The number of fused-ring (bicyclic) bond motifs is 1. The van der Waals surface area contributed by atoms with E-state index in [1.54, 1.807) is 0 Å². The molecule has 4 nitrogen and oxygen atoms in total. The molecular formula is C20H33IN4. The fraction of sp³-hybridized carbons (Fsp3) is 0.650. The zero-order chi connectivity index (χ0) is 16.8. The van der Waals surface area contributed by atoms with Gasteiger partial charge in [-0.2, -0.15) is 0 Å².